The molecular weight excluding hydrogens is 426 g/mol. The fraction of sp³-hybridized carbons (Fsp3) is 0.333. The van der Waals surface area contributed by atoms with Gasteiger partial charge in [0.2, 0.25) is 15.9 Å². The number of ether oxygens (including phenoxy) is 1. The molecule has 0 bridgehead atoms. The van der Waals surface area contributed by atoms with Crippen molar-refractivity contribution in [2.45, 2.75) is 24.7 Å². The number of carbonyl (C=O) groups excluding carboxylic acids is 1. The number of piperidine rings is 1. The quantitative estimate of drug-likeness (QED) is 0.728. The summed E-state index contributed by atoms with van der Waals surface area (Å²) in [5.74, 6) is -0.333. The summed E-state index contributed by atoms with van der Waals surface area (Å²) >= 11 is 6.15. The Labute approximate surface area is 181 Å². The molecule has 2 aromatic carbocycles. The van der Waals surface area contributed by atoms with Crippen LogP contribution in [0.15, 0.2) is 47.4 Å². The molecule has 1 aliphatic rings. The number of sulfonamides is 1. The zero-order chi connectivity index (χ0) is 21.7. The molecule has 0 aromatic heterocycles. The molecule has 9 heteroatoms. The number of carbonyl (C=O) groups is 1. The van der Waals surface area contributed by atoms with Crippen molar-refractivity contribution in [3.8, 4) is 11.8 Å². The van der Waals surface area contributed by atoms with E-state index in [1.807, 2.05) is 13.0 Å². The van der Waals surface area contributed by atoms with Crippen LogP contribution in [-0.2, 0) is 14.8 Å². The van der Waals surface area contributed by atoms with Gasteiger partial charge in [-0.15, -0.1) is 0 Å². The molecule has 0 aliphatic carbocycles. The van der Waals surface area contributed by atoms with Crippen molar-refractivity contribution in [3.05, 3.63) is 53.1 Å². The van der Waals surface area contributed by atoms with Crippen LogP contribution in [0.1, 0.15) is 25.3 Å². The number of rotatable bonds is 6. The highest BCUT2D eigenvalue weighted by Crippen LogP contribution is 2.30. The Hall–Kier alpha value is -2.60. The summed E-state index contributed by atoms with van der Waals surface area (Å²) < 4.78 is 32.8. The molecule has 2 aromatic rings. The smallest absolute Gasteiger partial charge is 0.243 e. The molecule has 1 unspecified atom stereocenters. The van der Waals surface area contributed by atoms with Crippen molar-refractivity contribution in [1.29, 1.82) is 5.26 Å². The lowest BCUT2D eigenvalue weighted by molar-refractivity contribution is -0.120. The Morgan fingerprint density at radius 2 is 2.13 bits per heavy atom. The Morgan fingerprint density at radius 3 is 2.83 bits per heavy atom. The van der Waals surface area contributed by atoms with Crippen LogP contribution in [0.5, 0.6) is 5.75 Å². The SMILES string of the molecule is CCOc1ccc(S(=O)(=O)N2CCCC(C(=O)Nc3cccc(C#N)c3)C2)cc1Cl. The number of halogens is 1. The number of benzene rings is 2. The monoisotopic (exact) mass is 447 g/mol. The lowest BCUT2D eigenvalue weighted by Crippen LogP contribution is -2.43. The maximum absolute atomic E-state index is 13.1. The van der Waals surface area contributed by atoms with Gasteiger partial charge in [0.1, 0.15) is 5.75 Å². The van der Waals surface area contributed by atoms with Gasteiger partial charge < -0.3 is 10.1 Å². The standard InChI is InChI=1S/C21H22ClN3O4S/c1-2-29-20-9-8-18(12-19(20)22)30(27,28)25-10-4-6-16(14-25)21(26)24-17-7-3-5-15(11-17)13-23/h3,5,7-9,11-12,16H,2,4,6,10,14H2,1H3,(H,24,26). The van der Waals surface area contributed by atoms with Gasteiger partial charge in [0, 0.05) is 18.8 Å². The molecule has 1 fully saturated rings. The molecule has 30 heavy (non-hydrogen) atoms. The molecule has 7 nitrogen and oxygen atoms in total. The normalized spacial score (nSPS) is 17.2. The first-order chi connectivity index (χ1) is 14.3. The maximum atomic E-state index is 13.1. The predicted molar refractivity (Wildman–Crippen MR) is 114 cm³/mol. The first-order valence-electron chi connectivity index (χ1n) is 9.58. The van der Waals surface area contributed by atoms with E-state index in [1.54, 1.807) is 24.3 Å². The Balaban J connectivity index is 1.73. The molecule has 1 N–H and O–H groups in total. The fourth-order valence-electron chi connectivity index (χ4n) is 3.35. The van der Waals surface area contributed by atoms with Gasteiger partial charge in [-0.2, -0.15) is 9.57 Å². The summed E-state index contributed by atoms with van der Waals surface area (Å²) in [6.45, 7) is 2.65. The van der Waals surface area contributed by atoms with Crippen LogP contribution in [0.3, 0.4) is 0 Å². The van der Waals surface area contributed by atoms with Gasteiger partial charge in [0.05, 0.1) is 34.1 Å². The maximum Gasteiger partial charge on any atom is 0.243 e. The van der Waals surface area contributed by atoms with E-state index in [0.29, 0.717) is 43.0 Å². The summed E-state index contributed by atoms with van der Waals surface area (Å²) in [5, 5.41) is 12.0. The highest BCUT2D eigenvalue weighted by atomic mass is 35.5. The highest BCUT2D eigenvalue weighted by Gasteiger charge is 2.33. The van der Waals surface area contributed by atoms with Crippen molar-refractivity contribution < 1.29 is 17.9 Å². The van der Waals surface area contributed by atoms with Gasteiger partial charge >= 0.3 is 0 Å². The third-order valence-corrected chi connectivity index (χ3v) is 7.01. The van der Waals surface area contributed by atoms with Gasteiger partial charge in [-0.3, -0.25) is 4.79 Å². The van der Waals surface area contributed by atoms with E-state index in [-0.39, 0.29) is 22.4 Å². The van der Waals surface area contributed by atoms with Crippen LogP contribution in [0, 0.1) is 17.2 Å². The van der Waals surface area contributed by atoms with Crippen LogP contribution in [0.4, 0.5) is 5.69 Å². The van der Waals surface area contributed by atoms with Crippen molar-refractivity contribution >= 4 is 33.2 Å². The molecule has 3 rings (SSSR count). The van der Waals surface area contributed by atoms with Crippen molar-refractivity contribution in [2.24, 2.45) is 5.92 Å². The third kappa shape index (κ3) is 4.93. The van der Waals surface area contributed by atoms with Gasteiger partial charge in [0.15, 0.2) is 0 Å². The molecule has 1 amide bonds. The van der Waals surface area contributed by atoms with Gasteiger partial charge in [-0.1, -0.05) is 17.7 Å². The molecule has 1 aliphatic heterocycles. The summed E-state index contributed by atoms with van der Waals surface area (Å²) in [6.07, 6.45) is 1.15. The molecule has 1 atom stereocenters. The number of amides is 1. The van der Waals surface area contributed by atoms with E-state index >= 15 is 0 Å². The molecular formula is C21H22ClN3O4S. The molecule has 1 saturated heterocycles. The fourth-order valence-corrected chi connectivity index (χ4v) is 5.20. The van der Waals surface area contributed by atoms with E-state index in [0.717, 1.165) is 0 Å². The molecule has 1 heterocycles. The summed E-state index contributed by atoms with van der Waals surface area (Å²) in [4.78, 5) is 12.8. The first kappa shape index (κ1) is 22.1. The number of nitriles is 1. The Kier molecular flexibility index (Phi) is 6.98. The first-order valence-corrected chi connectivity index (χ1v) is 11.4. The van der Waals surface area contributed by atoms with Gasteiger partial charge in [0.25, 0.3) is 0 Å². The number of anilines is 1. The van der Waals surface area contributed by atoms with E-state index < -0.39 is 15.9 Å². The lowest BCUT2D eigenvalue weighted by atomic mass is 9.98. The Morgan fingerprint density at radius 1 is 1.33 bits per heavy atom. The van der Waals surface area contributed by atoms with E-state index in [9.17, 15) is 13.2 Å². The van der Waals surface area contributed by atoms with Crippen LogP contribution < -0.4 is 10.1 Å². The second kappa shape index (κ2) is 9.47. The van der Waals surface area contributed by atoms with Crippen LogP contribution >= 0.6 is 11.6 Å². The largest absolute Gasteiger partial charge is 0.492 e. The average molecular weight is 448 g/mol. The summed E-state index contributed by atoms with van der Waals surface area (Å²) in [6, 6.07) is 13.0. The Bertz CT molecular complexity index is 1080. The van der Waals surface area contributed by atoms with Crippen molar-refractivity contribution in [1.82, 2.24) is 4.31 Å². The molecule has 158 valence electrons. The minimum atomic E-state index is -3.80. The van der Waals surface area contributed by atoms with Crippen molar-refractivity contribution in [2.75, 3.05) is 25.0 Å². The summed E-state index contributed by atoms with van der Waals surface area (Å²) in [7, 11) is -3.80. The minimum Gasteiger partial charge on any atom is -0.492 e. The van der Waals surface area contributed by atoms with E-state index in [4.69, 9.17) is 21.6 Å². The van der Waals surface area contributed by atoms with Crippen LogP contribution in [-0.4, -0.2) is 38.3 Å². The number of nitrogens with zero attached hydrogens (tertiary/aromatic N) is 2. The molecule has 0 saturated carbocycles. The van der Waals surface area contributed by atoms with Crippen molar-refractivity contribution in [3.63, 3.8) is 0 Å². The van der Waals surface area contributed by atoms with Crippen LogP contribution in [0.2, 0.25) is 5.02 Å². The predicted octanol–water partition coefficient (Wildman–Crippen LogP) is 3.65. The number of nitrogens with one attached hydrogen (secondary N) is 1. The second-order valence-corrected chi connectivity index (χ2v) is 9.25. The molecule has 0 spiro atoms. The van der Waals surface area contributed by atoms with Gasteiger partial charge in [-0.25, -0.2) is 8.42 Å². The number of hydrogen-bond acceptors (Lipinski definition) is 5. The van der Waals surface area contributed by atoms with E-state index in [2.05, 4.69) is 5.32 Å². The summed E-state index contributed by atoms with van der Waals surface area (Å²) in [5.41, 5.74) is 0.949. The second-order valence-electron chi connectivity index (χ2n) is 6.91. The minimum absolute atomic E-state index is 0.0683. The van der Waals surface area contributed by atoms with E-state index in [1.165, 1.54) is 22.5 Å². The zero-order valence-electron chi connectivity index (χ0n) is 16.5. The van der Waals surface area contributed by atoms with Crippen LogP contribution in [0.25, 0.3) is 0 Å². The topological polar surface area (TPSA) is 99.5 Å². The third-order valence-electron chi connectivity index (χ3n) is 4.86. The van der Waals surface area contributed by atoms with Gasteiger partial charge in [-0.05, 0) is 56.2 Å². The number of hydrogen-bond donors (Lipinski definition) is 1. The molecule has 0 radical (unpaired) electrons. The average Bonchev–Trinajstić information content (AvgIpc) is 2.75. The highest BCUT2D eigenvalue weighted by molar-refractivity contribution is 7.89. The lowest BCUT2D eigenvalue weighted by Gasteiger charge is -2.31. The zero-order valence-corrected chi connectivity index (χ0v) is 18.0.